The number of phenols is 1. The van der Waals surface area contributed by atoms with Crippen molar-refractivity contribution in [3.05, 3.63) is 84.9 Å². The zero-order chi connectivity index (χ0) is 17.9. The molecule has 4 nitrogen and oxygen atoms in total. The highest BCUT2D eigenvalue weighted by atomic mass is 19.1. The highest BCUT2D eigenvalue weighted by Crippen LogP contribution is 2.32. The molecule has 0 saturated carbocycles. The van der Waals surface area contributed by atoms with Crippen molar-refractivity contribution >= 4 is 0 Å². The first-order valence-electron chi connectivity index (χ1n) is 7.97. The standard InChI is InChI=1S/C21H14FNO3/c22-17-6-2-1-5-16(17)18-13-25-21(23-18)14-9-11-15(12-10-14)26-20-8-4-3-7-19(20)24/h1-13,24H. The van der Waals surface area contributed by atoms with Gasteiger partial charge in [0.05, 0.1) is 0 Å². The molecule has 0 saturated heterocycles. The van der Waals surface area contributed by atoms with Crippen LogP contribution in [-0.4, -0.2) is 10.1 Å². The number of nitrogens with zero attached hydrogens (tertiary/aromatic N) is 1. The molecule has 0 bridgehead atoms. The predicted octanol–water partition coefficient (Wildman–Crippen LogP) is 5.65. The molecule has 1 heterocycles. The summed E-state index contributed by atoms with van der Waals surface area (Å²) in [5.41, 5.74) is 1.56. The average Bonchev–Trinajstić information content (AvgIpc) is 3.14. The van der Waals surface area contributed by atoms with Crippen molar-refractivity contribution in [2.45, 2.75) is 0 Å². The summed E-state index contributed by atoms with van der Waals surface area (Å²) in [6.45, 7) is 0. The number of rotatable bonds is 4. The lowest BCUT2D eigenvalue weighted by atomic mass is 10.1. The first kappa shape index (κ1) is 15.9. The summed E-state index contributed by atoms with van der Waals surface area (Å²) < 4.78 is 25.0. The number of hydrogen-bond donors (Lipinski definition) is 1. The lowest BCUT2D eigenvalue weighted by molar-refractivity contribution is 0.411. The van der Waals surface area contributed by atoms with Gasteiger partial charge in [0.2, 0.25) is 5.89 Å². The van der Waals surface area contributed by atoms with E-state index in [1.54, 1.807) is 66.7 Å². The molecular weight excluding hydrogens is 333 g/mol. The van der Waals surface area contributed by atoms with Crippen molar-refractivity contribution in [3.8, 4) is 40.0 Å². The average molecular weight is 347 g/mol. The Bertz CT molecular complexity index is 1040. The van der Waals surface area contributed by atoms with Crippen molar-refractivity contribution in [1.29, 1.82) is 0 Å². The highest BCUT2D eigenvalue weighted by molar-refractivity contribution is 5.63. The van der Waals surface area contributed by atoms with Gasteiger partial charge in [-0.1, -0.05) is 24.3 Å². The third kappa shape index (κ3) is 3.15. The van der Waals surface area contributed by atoms with E-state index in [0.717, 1.165) is 5.56 Å². The number of aromatic nitrogens is 1. The fourth-order valence-electron chi connectivity index (χ4n) is 2.53. The Balaban J connectivity index is 1.56. The van der Waals surface area contributed by atoms with Crippen LogP contribution in [0.15, 0.2) is 83.5 Å². The van der Waals surface area contributed by atoms with Crippen molar-refractivity contribution < 1.29 is 18.7 Å². The molecule has 4 rings (SSSR count). The summed E-state index contributed by atoms with van der Waals surface area (Å²) in [5.74, 6) is 1.05. The molecular formula is C21H14FNO3. The maximum absolute atomic E-state index is 13.9. The number of halogens is 1. The maximum Gasteiger partial charge on any atom is 0.226 e. The quantitative estimate of drug-likeness (QED) is 0.518. The SMILES string of the molecule is Oc1ccccc1Oc1ccc(-c2nc(-c3ccccc3F)co2)cc1. The van der Waals surface area contributed by atoms with E-state index in [1.165, 1.54) is 12.3 Å². The summed E-state index contributed by atoms with van der Waals surface area (Å²) in [7, 11) is 0. The summed E-state index contributed by atoms with van der Waals surface area (Å²) in [5, 5.41) is 9.76. The van der Waals surface area contributed by atoms with Gasteiger partial charge in [0.15, 0.2) is 11.5 Å². The van der Waals surface area contributed by atoms with Crippen LogP contribution in [0.1, 0.15) is 0 Å². The topological polar surface area (TPSA) is 55.5 Å². The van der Waals surface area contributed by atoms with Crippen LogP contribution in [0.5, 0.6) is 17.2 Å². The molecule has 0 spiro atoms. The van der Waals surface area contributed by atoms with Gasteiger partial charge in [-0.05, 0) is 48.5 Å². The molecule has 4 aromatic rings. The van der Waals surface area contributed by atoms with Crippen LogP contribution >= 0.6 is 0 Å². The number of benzene rings is 3. The largest absolute Gasteiger partial charge is 0.504 e. The molecule has 0 unspecified atom stereocenters. The number of aromatic hydroxyl groups is 1. The van der Waals surface area contributed by atoms with Gasteiger partial charge >= 0.3 is 0 Å². The molecule has 0 atom stereocenters. The Morgan fingerprint density at radius 2 is 1.62 bits per heavy atom. The van der Waals surface area contributed by atoms with Gasteiger partial charge in [-0.2, -0.15) is 0 Å². The minimum atomic E-state index is -0.348. The second kappa shape index (κ2) is 6.72. The minimum absolute atomic E-state index is 0.0683. The molecule has 5 heteroatoms. The van der Waals surface area contributed by atoms with Crippen LogP contribution in [0, 0.1) is 5.82 Å². The third-order valence-electron chi connectivity index (χ3n) is 3.85. The second-order valence-electron chi connectivity index (χ2n) is 5.61. The first-order chi connectivity index (χ1) is 12.7. The van der Waals surface area contributed by atoms with E-state index in [2.05, 4.69) is 4.98 Å². The number of hydrogen-bond acceptors (Lipinski definition) is 4. The summed E-state index contributed by atoms with van der Waals surface area (Å²) >= 11 is 0. The highest BCUT2D eigenvalue weighted by Gasteiger charge is 2.12. The molecule has 128 valence electrons. The lowest BCUT2D eigenvalue weighted by Crippen LogP contribution is -1.86. The van der Waals surface area contributed by atoms with Crippen molar-refractivity contribution in [3.63, 3.8) is 0 Å². The first-order valence-corrected chi connectivity index (χ1v) is 7.97. The van der Waals surface area contributed by atoms with E-state index in [-0.39, 0.29) is 11.6 Å². The molecule has 0 radical (unpaired) electrons. The van der Waals surface area contributed by atoms with Crippen molar-refractivity contribution in [1.82, 2.24) is 4.98 Å². The van der Waals surface area contributed by atoms with E-state index < -0.39 is 0 Å². The molecule has 3 aromatic carbocycles. The fraction of sp³-hybridized carbons (Fsp3) is 0. The number of ether oxygens (including phenoxy) is 1. The van der Waals surface area contributed by atoms with E-state index in [9.17, 15) is 9.50 Å². The molecule has 0 aliphatic rings. The second-order valence-corrected chi connectivity index (χ2v) is 5.61. The minimum Gasteiger partial charge on any atom is -0.504 e. The smallest absolute Gasteiger partial charge is 0.226 e. The monoisotopic (exact) mass is 347 g/mol. The number of oxazole rings is 1. The van der Waals surface area contributed by atoms with Crippen LogP contribution in [0.2, 0.25) is 0 Å². The van der Waals surface area contributed by atoms with Gasteiger partial charge < -0.3 is 14.3 Å². The van der Waals surface area contributed by atoms with Crippen molar-refractivity contribution in [2.24, 2.45) is 0 Å². The Morgan fingerprint density at radius 1 is 0.885 bits per heavy atom. The van der Waals surface area contributed by atoms with Crippen LogP contribution in [0.3, 0.4) is 0 Å². The zero-order valence-electron chi connectivity index (χ0n) is 13.6. The van der Waals surface area contributed by atoms with Gasteiger partial charge in [-0.25, -0.2) is 9.37 Å². The normalized spacial score (nSPS) is 10.7. The zero-order valence-corrected chi connectivity index (χ0v) is 13.6. The molecule has 1 N–H and O–H groups in total. The molecule has 0 fully saturated rings. The summed E-state index contributed by atoms with van der Waals surface area (Å²) in [6, 6.07) is 20.2. The van der Waals surface area contributed by atoms with Gasteiger partial charge in [0.1, 0.15) is 23.5 Å². The Morgan fingerprint density at radius 3 is 2.38 bits per heavy atom. The molecule has 1 aromatic heterocycles. The van der Waals surface area contributed by atoms with Gasteiger partial charge in [-0.3, -0.25) is 0 Å². The number of para-hydroxylation sites is 2. The molecule has 0 aliphatic heterocycles. The number of phenolic OH excluding ortho intramolecular Hbond substituents is 1. The van der Waals surface area contributed by atoms with E-state index in [4.69, 9.17) is 9.15 Å². The maximum atomic E-state index is 13.9. The van der Waals surface area contributed by atoms with Crippen LogP contribution in [0.25, 0.3) is 22.7 Å². The predicted molar refractivity (Wildman–Crippen MR) is 95.5 cm³/mol. The Hall–Kier alpha value is -3.60. The third-order valence-corrected chi connectivity index (χ3v) is 3.85. The molecule has 0 amide bonds. The van der Waals surface area contributed by atoms with Crippen LogP contribution < -0.4 is 4.74 Å². The lowest BCUT2D eigenvalue weighted by Gasteiger charge is -2.07. The molecule has 0 aliphatic carbocycles. The Kier molecular flexibility index (Phi) is 4.11. The van der Waals surface area contributed by atoms with Crippen LogP contribution in [-0.2, 0) is 0 Å². The summed E-state index contributed by atoms with van der Waals surface area (Å²) in [4.78, 5) is 4.35. The van der Waals surface area contributed by atoms with E-state index >= 15 is 0 Å². The fourth-order valence-corrected chi connectivity index (χ4v) is 2.53. The molecule has 26 heavy (non-hydrogen) atoms. The van der Waals surface area contributed by atoms with Crippen molar-refractivity contribution in [2.75, 3.05) is 0 Å². The van der Waals surface area contributed by atoms with E-state index in [0.29, 0.717) is 28.6 Å². The van der Waals surface area contributed by atoms with E-state index in [1.807, 2.05) is 0 Å². The van der Waals surface area contributed by atoms with Gasteiger partial charge in [-0.15, -0.1) is 0 Å². The summed E-state index contributed by atoms with van der Waals surface area (Å²) in [6.07, 6.45) is 1.43. The Labute approximate surface area is 149 Å². The van der Waals surface area contributed by atoms with Gasteiger partial charge in [0.25, 0.3) is 0 Å². The van der Waals surface area contributed by atoms with Gasteiger partial charge in [0, 0.05) is 11.1 Å². The van der Waals surface area contributed by atoms with Crippen LogP contribution in [0.4, 0.5) is 4.39 Å².